The standard InChI is InChI=1S/C15H21N3O4S/c1-18-6-7-22-12(10-18)4-5-16-23(20,21)13-2-3-14-11(8-13)9-15(19)17-14/h2-3,8,12,16H,4-7,9-10H2,1H3,(H,17,19). The zero-order valence-electron chi connectivity index (χ0n) is 13.0. The van der Waals surface area contributed by atoms with Gasteiger partial charge in [-0.05, 0) is 37.2 Å². The highest BCUT2D eigenvalue weighted by Gasteiger charge is 2.22. The van der Waals surface area contributed by atoms with Gasteiger partial charge >= 0.3 is 0 Å². The van der Waals surface area contributed by atoms with Crippen LogP contribution in [0.5, 0.6) is 0 Å². The van der Waals surface area contributed by atoms with Crippen LogP contribution in [0.3, 0.4) is 0 Å². The summed E-state index contributed by atoms with van der Waals surface area (Å²) in [5.74, 6) is -0.110. The number of rotatable bonds is 5. The quantitative estimate of drug-likeness (QED) is 0.799. The average molecular weight is 339 g/mol. The molecular formula is C15H21N3O4S. The molecule has 1 atom stereocenters. The third-order valence-electron chi connectivity index (χ3n) is 4.11. The summed E-state index contributed by atoms with van der Waals surface area (Å²) in [6.45, 7) is 2.73. The van der Waals surface area contributed by atoms with Crippen molar-refractivity contribution in [3.05, 3.63) is 23.8 Å². The topological polar surface area (TPSA) is 87.7 Å². The van der Waals surface area contributed by atoms with E-state index in [0.29, 0.717) is 25.3 Å². The van der Waals surface area contributed by atoms with E-state index in [1.807, 2.05) is 7.05 Å². The van der Waals surface area contributed by atoms with Crippen molar-refractivity contribution in [1.29, 1.82) is 0 Å². The fourth-order valence-corrected chi connectivity index (χ4v) is 3.95. The van der Waals surface area contributed by atoms with Gasteiger partial charge in [-0.15, -0.1) is 0 Å². The van der Waals surface area contributed by atoms with Gasteiger partial charge < -0.3 is 15.0 Å². The highest BCUT2D eigenvalue weighted by molar-refractivity contribution is 7.89. The fraction of sp³-hybridized carbons (Fsp3) is 0.533. The van der Waals surface area contributed by atoms with Crippen molar-refractivity contribution < 1.29 is 17.9 Å². The third-order valence-corrected chi connectivity index (χ3v) is 5.57. The van der Waals surface area contributed by atoms with Crippen molar-refractivity contribution in [2.75, 3.05) is 38.6 Å². The number of amides is 1. The van der Waals surface area contributed by atoms with Crippen LogP contribution in [0.1, 0.15) is 12.0 Å². The zero-order chi connectivity index (χ0) is 16.4. The molecule has 0 aromatic heterocycles. The summed E-state index contributed by atoms with van der Waals surface area (Å²) in [6.07, 6.45) is 0.911. The summed E-state index contributed by atoms with van der Waals surface area (Å²) in [6, 6.07) is 4.70. The Hall–Kier alpha value is -1.48. The lowest BCUT2D eigenvalue weighted by Gasteiger charge is -2.30. The molecule has 3 rings (SSSR count). The molecular weight excluding hydrogens is 318 g/mol. The Balaban J connectivity index is 1.59. The van der Waals surface area contributed by atoms with Gasteiger partial charge in [-0.2, -0.15) is 0 Å². The number of anilines is 1. The summed E-state index contributed by atoms with van der Waals surface area (Å²) in [5, 5.41) is 2.69. The maximum absolute atomic E-state index is 12.4. The minimum atomic E-state index is -3.57. The maximum atomic E-state index is 12.4. The van der Waals surface area contributed by atoms with Gasteiger partial charge in [0.05, 0.1) is 24.0 Å². The number of carbonyl (C=O) groups excluding carboxylic acids is 1. The summed E-state index contributed by atoms with van der Waals surface area (Å²) >= 11 is 0. The first-order chi connectivity index (χ1) is 10.9. The minimum absolute atomic E-state index is 0.0540. The van der Waals surface area contributed by atoms with Crippen molar-refractivity contribution in [2.45, 2.75) is 23.8 Å². The number of nitrogens with zero attached hydrogens (tertiary/aromatic N) is 1. The third kappa shape index (κ3) is 3.89. The van der Waals surface area contributed by atoms with Crippen molar-refractivity contribution in [3.8, 4) is 0 Å². The molecule has 126 valence electrons. The Morgan fingerprint density at radius 2 is 2.26 bits per heavy atom. The van der Waals surface area contributed by atoms with Crippen LogP contribution in [0.25, 0.3) is 0 Å². The molecule has 0 radical (unpaired) electrons. The van der Waals surface area contributed by atoms with Crippen LogP contribution < -0.4 is 10.0 Å². The SMILES string of the molecule is CN1CCOC(CCNS(=O)(=O)c2ccc3c(c2)CC(=O)N3)C1. The summed E-state index contributed by atoms with van der Waals surface area (Å²) in [7, 11) is -1.54. The first kappa shape index (κ1) is 16.4. The Morgan fingerprint density at radius 3 is 3.04 bits per heavy atom. The molecule has 23 heavy (non-hydrogen) atoms. The molecule has 0 aliphatic carbocycles. The molecule has 1 aromatic carbocycles. The van der Waals surface area contributed by atoms with Crippen LogP contribution in [0.2, 0.25) is 0 Å². The van der Waals surface area contributed by atoms with E-state index in [4.69, 9.17) is 4.74 Å². The molecule has 2 heterocycles. The van der Waals surface area contributed by atoms with Crippen LogP contribution in [-0.2, 0) is 26.0 Å². The summed E-state index contributed by atoms with van der Waals surface area (Å²) in [5.41, 5.74) is 1.41. The number of ether oxygens (including phenoxy) is 1. The predicted octanol–water partition coefficient (Wildman–Crippen LogP) is 0.180. The molecule has 8 heteroatoms. The van der Waals surface area contributed by atoms with E-state index in [0.717, 1.165) is 18.7 Å². The first-order valence-electron chi connectivity index (χ1n) is 7.66. The molecule has 1 amide bonds. The van der Waals surface area contributed by atoms with E-state index in [9.17, 15) is 13.2 Å². The molecule has 0 saturated carbocycles. The van der Waals surface area contributed by atoms with Gasteiger partial charge in [-0.3, -0.25) is 4.79 Å². The van der Waals surface area contributed by atoms with Crippen LogP contribution in [0, 0.1) is 0 Å². The van der Waals surface area contributed by atoms with Gasteiger partial charge in [-0.25, -0.2) is 13.1 Å². The van der Waals surface area contributed by atoms with Crippen LogP contribution >= 0.6 is 0 Å². The number of hydrogen-bond donors (Lipinski definition) is 2. The first-order valence-corrected chi connectivity index (χ1v) is 9.15. The van der Waals surface area contributed by atoms with Crippen LogP contribution in [0.4, 0.5) is 5.69 Å². The van der Waals surface area contributed by atoms with E-state index in [1.165, 1.54) is 6.07 Å². The van der Waals surface area contributed by atoms with Crippen molar-refractivity contribution in [1.82, 2.24) is 9.62 Å². The van der Waals surface area contributed by atoms with Crippen LogP contribution in [0.15, 0.2) is 23.1 Å². The van der Waals surface area contributed by atoms with Gasteiger partial charge in [0.1, 0.15) is 0 Å². The normalized spacial score (nSPS) is 22.0. The lowest BCUT2D eigenvalue weighted by molar-refractivity contribution is -0.115. The number of benzene rings is 1. The second-order valence-corrected chi connectivity index (χ2v) is 7.75. The molecule has 2 aliphatic rings. The number of fused-ring (bicyclic) bond motifs is 1. The second kappa shape index (κ2) is 6.56. The minimum Gasteiger partial charge on any atom is -0.376 e. The monoisotopic (exact) mass is 339 g/mol. The highest BCUT2D eigenvalue weighted by Crippen LogP contribution is 2.25. The largest absolute Gasteiger partial charge is 0.376 e. The Kier molecular flexibility index (Phi) is 4.67. The van der Waals surface area contributed by atoms with Crippen LogP contribution in [-0.4, -0.2) is 58.6 Å². The number of morpholine rings is 1. The molecule has 1 aromatic rings. The number of hydrogen-bond acceptors (Lipinski definition) is 5. The fourth-order valence-electron chi connectivity index (χ4n) is 2.85. The second-order valence-electron chi connectivity index (χ2n) is 5.99. The average Bonchev–Trinajstić information content (AvgIpc) is 2.86. The number of nitrogens with one attached hydrogen (secondary N) is 2. The van der Waals surface area contributed by atoms with Gasteiger partial charge in [0.25, 0.3) is 0 Å². The number of sulfonamides is 1. The molecule has 7 nitrogen and oxygen atoms in total. The van der Waals surface area contributed by atoms with E-state index >= 15 is 0 Å². The number of carbonyl (C=O) groups is 1. The molecule has 1 unspecified atom stereocenters. The molecule has 1 fully saturated rings. The van der Waals surface area contributed by atoms with E-state index in [-0.39, 0.29) is 23.3 Å². The molecule has 2 aliphatic heterocycles. The van der Waals surface area contributed by atoms with Crippen molar-refractivity contribution >= 4 is 21.6 Å². The molecule has 1 saturated heterocycles. The molecule has 0 spiro atoms. The van der Waals surface area contributed by atoms with Gasteiger partial charge in [0, 0.05) is 25.3 Å². The lowest BCUT2D eigenvalue weighted by atomic mass is 10.2. The number of likely N-dealkylation sites (N-methyl/N-ethyl adjacent to an activating group) is 1. The lowest BCUT2D eigenvalue weighted by Crippen LogP contribution is -2.41. The predicted molar refractivity (Wildman–Crippen MR) is 85.8 cm³/mol. The van der Waals surface area contributed by atoms with Gasteiger partial charge in [0.15, 0.2) is 0 Å². The summed E-state index contributed by atoms with van der Waals surface area (Å²) < 4.78 is 32.9. The summed E-state index contributed by atoms with van der Waals surface area (Å²) in [4.78, 5) is 13.7. The molecule has 2 N–H and O–H groups in total. The Morgan fingerprint density at radius 1 is 1.43 bits per heavy atom. The van der Waals surface area contributed by atoms with Gasteiger partial charge in [-0.1, -0.05) is 0 Å². The van der Waals surface area contributed by atoms with E-state index < -0.39 is 10.0 Å². The van der Waals surface area contributed by atoms with Crippen molar-refractivity contribution in [2.24, 2.45) is 0 Å². The van der Waals surface area contributed by atoms with E-state index in [1.54, 1.807) is 12.1 Å². The Labute approximate surface area is 136 Å². The highest BCUT2D eigenvalue weighted by atomic mass is 32.2. The smallest absolute Gasteiger partial charge is 0.240 e. The molecule has 0 bridgehead atoms. The van der Waals surface area contributed by atoms with Gasteiger partial charge in [0.2, 0.25) is 15.9 Å². The Bertz CT molecular complexity index is 705. The van der Waals surface area contributed by atoms with Crippen molar-refractivity contribution in [3.63, 3.8) is 0 Å². The van der Waals surface area contributed by atoms with E-state index in [2.05, 4.69) is 14.9 Å². The maximum Gasteiger partial charge on any atom is 0.240 e. The zero-order valence-corrected chi connectivity index (χ0v) is 13.9.